The number of carbonyl (C=O) groups is 3. The van der Waals surface area contributed by atoms with Gasteiger partial charge in [-0.15, -0.1) is 0 Å². The first-order valence-electron chi connectivity index (χ1n) is 8.71. The van der Waals surface area contributed by atoms with Crippen LogP contribution in [0.5, 0.6) is 0 Å². The van der Waals surface area contributed by atoms with Gasteiger partial charge in [-0.05, 0) is 49.8 Å². The van der Waals surface area contributed by atoms with Crippen molar-refractivity contribution < 1.29 is 14.4 Å². The van der Waals surface area contributed by atoms with Gasteiger partial charge in [-0.3, -0.25) is 19.9 Å². The fraction of sp³-hybridized carbons (Fsp3) is 0.200. The maximum absolute atomic E-state index is 12.8. The molecular weight excluding hydrogens is 344 g/mol. The van der Waals surface area contributed by atoms with E-state index in [1.807, 2.05) is 24.3 Å². The maximum atomic E-state index is 12.8. The van der Waals surface area contributed by atoms with E-state index >= 15 is 0 Å². The van der Waals surface area contributed by atoms with Crippen molar-refractivity contribution >= 4 is 35.3 Å². The van der Waals surface area contributed by atoms with Gasteiger partial charge in [0.1, 0.15) is 5.57 Å². The molecule has 1 aliphatic rings. The van der Waals surface area contributed by atoms with Crippen LogP contribution >= 0.6 is 0 Å². The van der Waals surface area contributed by atoms with Crippen LogP contribution in [0.2, 0.25) is 0 Å². The lowest BCUT2D eigenvalue weighted by atomic mass is 10.1. The van der Waals surface area contributed by atoms with Crippen molar-refractivity contribution in [3.05, 3.63) is 59.9 Å². The molecule has 2 heterocycles. The Labute approximate surface area is 157 Å². The van der Waals surface area contributed by atoms with Gasteiger partial charge in [0.15, 0.2) is 0 Å². The minimum atomic E-state index is -0.773. The topological polar surface area (TPSA) is 82.6 Å². The van der Waals surface area contributed by atoms with E-state index in [-0.39, 0.29) is 5.57 Å². The van der Waals surface area contributed by atoms with Gasteiger partial charge in [0.25, 0.3) is 11.8 Å². The van der Waals surface area contributed by atoms with Crippen molar-refractivity contribution in [1.29, 1.82) is 0 Å². The summed E-state index contributed by atoms with van der Waals surface area (Å²) in [6.07, 6.45) is 4.44. The molecule has 138 valence electrons. The summed E-state index contributed by atoms with van der Waals surface area (Å²) in [5.41, 5.74) is 2.02. The SMILES string of the molecule is CCN(CC)c1ccc(/C=C2/C(=O)NC(=O)N(c3ccncc3)C2=O)cc1. The van der Waals surface area contributed by atoms with Crippen LogP contribution < -0.4 is 15.1 Å². The van der Waals surface area contributed by atoms with E-state index in [4.69, 9.17) is 0 Å². The molecule has 27 heavy (non-hydrogen) atoms. The summed E-state index contributed by atoms with van der Waals surface area (Å²) in [5.74, 6) is -1.37. The number of nitrogens with one attached hydrogen (secondary N) is 1. The molecule has 1 N–H and O–H groups in total. The van der Waals surface area contributed by atoms with Crippen LogP contribution in [0.4, 0.5) is 16.2 Å². The number of carbonyl (C=O) groups excluding carboxylic acids is 3. The number of imide groups is 2. The second-order valence-corrected chi connectivity index (χ2v) is 5.93. The van der Waals surface area contributed by atoms with E-state index in [1.54, 1.807) is 0 Å². The van der Waals surface area contributed by atoms with Crippen LogP contribution in [0.1, 0.15) is 19.4 Å². The van der Waals surface area contributed by atoms with E-state index in [0.29, 0.717) is 11.3 Å². The number of pyridine rings is 1. The van der Waals surface area contributed by atoms with E-state index in [0.717, 1.165) is 23.7 Å². The molecule has 0 saturated carbocycles. The third-order valence-corrected chi connectivity index (χ3v) is 4.36. The van der Waals surface area contributed by atoms with Crippen molar-refractivity contribution in [1.82, 2.24) is 10.3 Å². The molecule has 1 fully saturated rings. The molecule has 3 rings (SSSR count). The average Bonchev–Trinajstić information content (AvgIpc) is 2.68. The Morgan fingerprint density at radius 2 is 1.63 bits per heavy atom. The zero-order chi connectivity index (χ0) is 19.4. The highest BCUT2D eigenvalue weighted by molar-refractivity contribution is 6.39. The summed E-state index contributed by atoms with van der Waals surface area (Å²) >= 11 is 0. The Balaban J connectivity index is 1.91. The summed E-state index contributed by atoms with van der Waals surface area (Å²) in [5, 5.41) is 2.21. The molecule has 1 aromatic carbocycles. The number of amides is 4. The monoisotopic (exact) mass is 364 g/mol. The van der Waals surface area contributed by atoms with E-state index in [2.05, 4.69) is 29.0 Å². The first kappa shape index (κ1) is 18.3. The van der Waals surface area contributed by atoms with Crippen LogP contribution in [-0.2, 0) is 9.59 Å². The van der Waals surface area contributed by atoms with Crippen LogP contribution in [0.25, 0.3) is 6.08 Å². The molecule has 2 aromatic rings. The molecule has 1 aromatic heterocycles. The van der Waals surface area contributed by atoms with Crippen LogP contribution in [0.15, 0.2) is 54.4 Å². The van der Waals surface area contributed by atoms with Gasteiger partial charge in [-0.1, -0.05) is 12.1 Å². The Morgan fingerprint density at radius 1 is 1.00 bits per heavy atom. The smallest absolute Gasteiger partial charge is 0.335 e. The van der Waals surface area contributed by atoms with Gasteiger partial charge in [0.2, 0.25) is 0 Å². The predicted molar refractivity (Wildman–Crippen MR) is 103 cm³/mol. The number of hydrogen-bond acceptors (Lipinski definition) is 5. The number of urea groups is 1. The minimum absolute atomic E-state index is 0.0954. The maximum Gasteiger partial charge on any atom is 0.335 e. The largest absolute Gasteiger partial charge is 0.372 e. The highest BCUT2D eigenvalue weighted by Gasteiger charge is 2.36. The van der Waals surface area contributed by atoms with Crippen molar-refractivity contribution in [3.63, 3.8) is 0 Å². The highest BCUT2D eigenvalue weighted by Crippen LogP contribution is 2.22. The third-order valence-electron chi connectivity index (χ3n) is 4.36. The molecule has 1 aliphatic heterocycles. The van der Waals surface area contributed by atoms with Gasteiger partial charge in [-0.25, -0.2) is 9.69 Å². The number of rotatable bonds is 5. The second-order valence-electron chi connectivity index (χ2n) is 5.93. The zero-order valence-corrected chi connectivity index (χ0v) is 15.2. The number of barbiturate groups is 1. The number of aromatic nitrogens is 1. The van der Waals surface area contributed by atoms with E-state index in [1.165, 1.54) is 30.6 Å². The Hall–Kier alpha value is -3.48. The van der Waals surface area contributed by atoms with Crippen molar-refractivity contribution in [2.24, 2.45) is 0 Å². The predicted octanol–water partition coefficient (Wildman–Crippen LogP) is 2.59. The molecule has 0 radical (unpaired) electrons. The summed E-state index contributed by atoms with van der Waals surface area (Å²) < 4.78 is 0. The molecule has 4 amide bonds. The Bertz CT molecular complexity index is 887. The quantitative estimate of drug-likeness (QED) is 0.651. The van der Waals surface area contributed by atoms with E-state index in [9.17, 15) is 14.4 Å². The molecule has 7 heteroatoms. The number of hydrogen-bond donors (Lipinski definition) is 1. The lowest BCUT2D eigenvalue weighted by Gasteiger charge is -2.26. The summed E-state index contributed by atoms with van der Waals surface area (Å²) in [6, 6.07) is 9.86. The number of anilines is 2. The summed E-state index contributed by atoms with van der Waals surface area (Å²) in [6.45, 7) is 5.94. The number of benzene rings is 1. The normalized spacial score (nSPS) is 15.9. The zero-order valence-electron chi connectivity index (χ0n) is 15.2. The van der Waals surface area contributed by atoms with Crippen molar-refractivity contribution in [2.75, 3.05) is 22.9 Å². The van der Waals surface area contributed by atoms with Crippen molar-refractivity contribution in [3.8, 4) is 0 Å². The van der Waals surface area contributed by atoms with E-state index < -0.39 is 17.8 Å². The fourth-order valence-corrected chi connectivity index (χ4v) is 2.92. The molecule has 0 atom stereocenters. The summed E-state index contributed by atoms with van der Waals surface area (Å²) in [4.78, 5) is 44.1. The van der Waals surface area contributed by atoms with Crippen molar-refractivity contribution in [2.45, 2.75) is 13.8 Å². The molecule has 0 aliphatic carbocycles. The van der Waals surface area contributed by atoms with Gasteiger partial charge >= 0.3 is 6.03 Å². The second kappa shape index (κ2) is 7.82. The highest BCUT2D eigenvalue weighted by atomic mass is 16.2. The standard InChI is InChI=1S/C20H20N4O3/c1-3-23(4-2)15-7-5-14(6-8-15)13-17-18(25)22-20(27)24(19(17)26)16-9-11-21-12-10-16/h5-13H,3-4H2,1-2H3,(H,22,25,27)/b17-13-. The van der Waals surface area contributed by atoms with Crippen LogP contribution in [-0.4, -0.2) is 35.9 Å². The molecule has 0 bridgehead atoms. The van der Waals surface area contributed by atoms with Crippen LogP contribution in [0, 0.1) is 0 Å². The first-order chi connectivity index (χ1) is 13.0. The fourth-order valence-electron chi connectivity index (χ4n) is 2.92. The van der Waals surface area contributed by atoms with Gasteiger partial charge in [0, 0.05) is 31.2 Å². The minimum Gasteiger partial charge on any atom is -0.372 e. The molecule has 7 nitrogen and oxygen atoms in total. The Morgan fingerprint density at radius 3 is 2.22 bits per heavy atom. The molecule has 0 spiro atoms. The lowest BCUT2D eigenvalue weighted by molar-refractivity contribution is -0.122. The number of nitrogens with zero attached hydrogens (tertiary/aromatic N) is 3. The molecular formula is C20H20N4O3. The summed E-state index contributed by atoms with van der Waals surface area (Å²) in [7, 11) is 0. The van der Waals surface area contributed by atoms with Gasteiger partial charge in [0.05, 0.1) is 5.69 Å². The average molecular weight is 364 g/mol. The molecule has 0 unspecified atom stereocenters. The Kier molecular flexibility index (Phi) is 5.30. The third kappa shape index (κ3) is 3.72. The van der Waals surface area contributed by atoms with Gasteiger partial charge < -0.3 is 4.90 Å². The van der Waals surface area contributed by atoms with Gasteiger partial charge in [-0.2, -0.15) is 0 Å². The first-order valence-corrected chi connectivity index (χ1v) is 8.71. The van der Waals surface area contributed by atoms with Crippen LogP contribution in [0.3, 0.4) is 0 Å². The molecule has 1 saturated heterocycles. The lowest BCUT2D eigenvalue weighted by Crippen LogP contribution is -2.54.